The van der Waals surface area contributed by atoms with Crippen molar-refractivity contribution in [2.75, 3.05) is 6.54 Å². The Hall–Kier alpha value is -3.21. The summed E-state index contributed by atoms with van der Waals surface area (Å²) in [4.78, 5) is 24.8. The molecule has 3 aromatic rings. The number of aliphatic imine (C=N–C) groups is 1. The highest BCUT2D eigenvalue weighted by atomic mass is 16.1. The van der Waals surface area contributed by atoms with Crippen molar-refractivity contribution in [2.24, 2.45) is 10.9 Å². The summed E-state index contributed by atoms with van der Waals surface area (Å²) in [6.07, 6.45) is 1.82. The molecule has 0 aliphatic carbocycles. The van der Waals surface area contributed by atoms with E-state index in [1.54, 1.807) is 0 Å². The lowest BCUT2D eigenvalue weighted by molar-refractivity contribution is 0.261. The Morgan fingerprint density at radius 2 is 1.79 bits per heavy atom. The van der Waals surface area contributed by atoms with Gasteiger partial charge in [-0.15, -0.1) is 0 Å². The van der Waals surface area contributed by atoms with Gasteiger partial charge in [-0.25, -0.2) is 9.98 Å². The number of fused-ring (bicyclic) bond motifs is 1. The zero-order chi connectivity index (χ0) is 19.7. The SMILES string of the molecule is C=C1CN(C(c2nc3ccccc3c(=O)n2Cc2ccccc2)C(C)C)C=N1. The first-order valence-electron chi connectivity index (χ1n) is 9.55. The first kappa shape index (κ1) is 18.2. The van der Waals surface area contributed by atoms with Crippen LogP contribution in [0.3, 0.4) is 0 Å². The maximum absolute atomic E-state index is 13.4. The van der Waals surface area contributed by atoms with E-state index in [1.807, 2.05) is 65.5 Å². The molecule has 0 N–H and O–H groups in total. The van der Waals surface area contributed by atoms with E-state index in [0.29, 0.717) is 18.5 Å². The molecule has 1 aliphatic heterocycles. The van der Waals surface area contributed by atoms with Gasteiger partial charge in [0.1, 0.15) is 5.82 Å². The zero-order valence-corrected chi connectivity index (χ0v) is 16.2. The number of nitrogens with zero attached hydrogens (tertiary/aromatic N) is 4. The van der Waals surface area contributed by atoms with Crippen molar-refractivity contribution >= 4 is 17.2 Å². The third kappa shape index (κ3) is 3.36. The van der Waals surface area contributed by atoms with Crippen molar-refractivity contribution in [3.63, 3.8) is 0 Å². The predicted molar refractivity (Wildman–Crippen MR) is 113 cm³/mol. The van der Waals surface area contributed by atoms with Crippen molar-refractivity contribution in [1.82, 2.24) is 14.5 Å². The molecule has 0 radical (unpaired) electrons. The summed E-state index contributed by atoms with van der Waals surface area (Å²) in [5.41, 5.74) is 2.62. The zero-order valence-electron chi connectivity index (χ0n) is 16.2. The Kier molecular flexibility index (Phi) is 4.82. The van der Waals surface area contributed by atoms with Crippen LogP contribution in [0.2, 0.25) is 0 Å². The van der Waals surface area contributed by atoms with E-state index in [-0.39, 0.29) is 17.5 Å². The van der Waals surface area contributed by atoms with Crippen LogP contribution in [0.4, 0.5) is 0 Å². The van der Waals surface area contributed by atoms with E-state index in [2.05, 4.69) is 30.3 Å². The first-order valence-corrected chi connectivity index (χ1v) is 9.55. The minimum atomic E-state index is -0.0657. The van der Waals surface area contributed by atoms with Crippen LogP contribution in [0, 0.1) is 5.92 Å². The number of aromatic nitrogens is 2. The summed E-state index contributed by atoms with van der Waals surface area (Å²) < 4.78 is 1.82. The summed E-state index contributed by atoms with van der Waals surface area (Å²) in [6.45, 7) is 9.40. The molecular weight excluding hydrogens is 348 g/mol. The third-order valence-electron chi connectivity index (χ3n) is 5.08. The summed E-state index contributed by atoms with van der Waals surface area (Å²) in [6, 6.07) is 17.5. The van der Waals surface area contributed by atoms with Crippen LogP contribution in [0.5, 0.6) is 0 Å². The fourth-order valence-electron chi connectivity index (χ4n) is 3.78. The van der Waals surface area contributed by atoms with Gasteiger partial charge in [0.05, 0.1) is 42.1 Å². The van der Waals surface area contributed by atoms with Crippen LogP contribution in [0.25, 0.3) is 10.9 Å². The molecule has 1 aliphatic rings. The van der Waals surface area contributed by atoms with Crippen molar-refractivity contribution < 1.29 is 0 Å². The summed E-state index contributed by atoms with van der Waals surface area (Å²) in [5, 5.41) is 0.643. The minimum absolute atomic E-state index is 0.00920. The van der Waals surface area contributed by atoms with Gasteiger partial charge in [-0.2, -0.15) is 0 Å². The second kappa shape index (κ2) is 7.43. The van der Waals surface area contributed by atoms with Gasteiger partial charge in [0.15, 0.2) is 0 Å². The molecule has 0 fully saturated rings. The predicted octanol–water partition coefficient (Wildman–Crippen LogP) is 4.00. The first-order chi connectivity index (χ1) is 13.5. The average Bonchev–Trinajstić information content (AvgIpc) is 3.11. The second-order valence-electron chi connectivity index (χ2n) is 7.54. The molecule has 2 heterocycles. The molecule has 5 heteroatoms. The van der Waals surface area contributed by atoms with Gasteiger partial charge in [0, 0.05) is 0 Å². The molecule has 0 spiro atoms. The normalized spacial score (nSPS) is 15.0. The van der Waals surface area contributed by atoms with Crippen LogP contribution < -0.4 is 5.56 Å². The quantitative estimate of drug-likeness (QED) is 0.680. The average molecular weight is 372 g/mol. The van der Waals surface area contributed by atoms with Crippen LogP contribution in [0.15, 0.2) is 76.7 Å². The van der Waals surface area contributed by atoms with Crippen molar-refractivity contribution in [3.05, 3.63) is 88.6 Å². The van der Waals surface area contributed by atoms with E-state index in [0.717, 1.165) is 22.6 Å². The monoisotopic (exact) mass is 372 g/mol. The summed E-state index contributed by atoms with van der Waals surface area (Å²) in [7, 11) is 0. The Morgan fingerprint density at radius 3 is 2.46 bits per heavy atom. The van der Waals surface area contributed by atoms with Gasteiger partial charge in [-0.1, -0.05) is 62.9 Å². The molecule has 5 nitrogen and oxygen atoms in total. The standard InChI is InChI=1S/C23H24N4O/c1-16(2)21(26-13-17(3)24-15-26)22-25-20-12-8-7-11-19(20)23(28)27(22)14-18-9-5-4-6-10-18/h4-12,15-16,21H,3,13-14H2,1-2H3. The summed E-state index contributed by atoms with van der Waals surface area (Å²) >= 11 is 0. The van der Waals surface area contributed by atoms with Gasteiger partial charge in [0.2, 0.25) is 0 Å². The molecule has 2 aromatic carbocycles. The molecule has 28 heavy (non-hydrogen) atoms. The molecule has 0 bridgehead atoms. The molecule has 1 atom stereocenters. The van der Waals surface area contributed by atoms with Gasteiger partial charge in [0.25, 0.3) is 5.56 Å². The highest BCUT2D eigenvalue weighted by molar-refractivity contribution is 5.77. The second-order valence-corrected chi connectivity index (χ2v) is 7.54. The van der Waals surface area contributed by atoms with E-state index >= 15 is 0 Å². The van der Waals surface area contributed by atoms with E-state index in [9.17, 15) is 4.79 Å². The van der Waals surface area contributed by atoms with Gasteiger partial charge < -0.3 is 4.90 Å². The number of para-hydroxylation sites is 1. The molecule has 0 saturated heterocycles. The summed E-state index contributed by atoms with van der Waals surface area (Å²) in [5.74, 6) is 1.01. The van der Waals surface area contributed by atoms with Gasteiger partial charge in [-0.3, -0.25) is 9.36 Å². The molecular formula is C23H24N4O. The van der Waals surface area contributed by atoms with Crippen molar-refractivity contribution in [2.45, 2.75) is 26.4 Å². The van der Waals surface area contributed by atoms with Crippen LogP contribution in [0.1, 0.15) is 31.3 Å². The van der Waals surface area contributed by atoms with Gasteiger partial charge >= 0.3 is 0 Å². The molecule has 0 amide bonds. The Labute approximate surface area is 164 Å². The minimum Gasteiger partial charge on any atom is -0.346 e. The lowest BCUT2D eigenvalue weighted by Gasteiger charge is -2.31. The fourth-order valence-corrected chi connectivity index (χ4v) is 3.78. The molecule has 142 valence electrons. The molecule has 1 aromatic heterocycles. The lowest BCUT2D eigenvalue weighted by Crippen LogP contribution is -2.36. The fraction of sp³-hybridized carbons (Fsp3) is 0.261. The molecule has 4 rings (SSSR count). The van der Waals surface area contributed by atoms with E-state index in [1.165, 1.54) is 0 Å². The maximum atomic E-state index is 13.4. The Morgan fingerprint density at radius 1 is 1.07 bits per heavy atom. The molecule has 1 unspecified atom stereocenters. The highest BCUT2D eigenvalue weighted by Crippen LogP contribution is 2.29. The van der Waals surface area contributed by atoms with Crippen molar-refractivity contribution in [1.29, 1.82) is 0 Å². The van der Waals surface area contributed by atoms with Crippen LogP contribution in [-0.4, -0.2) is 27.3 Å². The topological polar surface area (TPSA) is 50.5 Å². The van der Waals surface area contributed by atoms with E-state index < -0.39 is 0 Å². The molecule has 0 saturated carbocycles. The van der Waals surface area contributed by atoms with Gasteiger partial charge in [-0.05, 0) is 23.6 Å². The number of rotatable bonds is 5. The Bertz CT molecular complexity index is 1100. The van der Waals surface area contributed by atoms with E-state index in [4.69, 9.17) is 4.98 Å². The van der Waals surface area contributed by atoms with Crippen molar-refractivity contribution in [3.8, 4) is 0 Å². The third-order valence-corrected chi connectivity index (χ3v) is 5.08. The van der Waals surface area contributed by atoms with Crippen LogP contribution in [-0.2, 0) is 6.54 Å². The largest absolute Gasteiger partial charge is 0.346 e. The number of hydrogen-bond acceptors (Lipinski definition) is 4. The lowest BCUT2D eigenvalue weighted by atomic mass is 10.0. The highest BCUT2D eigenvalue weighted by Gasteiger charge is 2.29. The number of benzene rings is 2. The maximum Gasteiger partial charge on any atom is 0.261 e. The van der Waals surface area contributed by atoms with Crippen LogP contribution >= 0.6 is 0 Å². The smallest absolute Gasteiger partial charge is 0.261 e. The number of hydrogen-bond donors (Lipinski definition) is 0. The Balaban J connectivity index is 1.92.